The number of halogens is 3. The molecule has 3 aromatic rings. The predicted octanol–water partition coefficient (Wildman–Crippen LogP) is 5.38. The molecule has 1 aromatic heterocycles. The highest BCUT2D eigenvalue weighted by atomic mass is 32.2. The first-order valence-corrected chi connectivity index (χ1v) is 7.55. The average molecular weight is 336 g/mol. The fraction of sp³-hybridized carbons (Fsp3) is 0.118. The number of rotatable bonds is 2. The van der Waals surface area contributed by atoms with Crippen molar-refractivity contribution in [2.24, 2.45) is 0 Å². The molecule has 0 aliphatic heterocycles. The minimum atomic E-state index is -4.48. The molecular formula is C17H11F3O2S. The minimum Gasteiger partial charge on any atom is -0.421 e. The number of alkyl halides is 3. The number of hydrogen-bond donors (Lipinski definition) is 0. The summed E-state index contributed by atoms with van der Waals surface area (Å²) in [6.07, 6.45) is 0. The van der Waals surface area contributed by atoms with Gasteiger partial charge in [0, 0.05) is 10.9 Å². The zero-order valence-corrected chi connectivity index (χ0v) is 12.8. The van der Waals surface area contributed by atoms with Gasteiger partial charge in [-0.25, -0.2) is 4.79 Å². The summed E-state index contributed by atoms with van der Waals surface area (Å²) in [5.41, 5.74) is -3.74. The van der Waals surface area contributed by atoms with E-state index in [-0.39, 0.29) is 33.2 Å². The van der Waals surface area contributed by atoms with Crippen LogP contribution >= 0.6 is 11.8 Å². The maximum absolute atomic E-state index is 13.0. The summed E-state index contributed by atoms with van der Waals surface area (Å²) < 4.78 is 44.1. The van der Waals surface area contributed by atoms with Crippen molar-refractivity contribution in [3.05, 3.63) is 64.5 Å². The van der Waals surface area contributed by atoms with Crippen LogP contribution in [0.1, 0.15) is 5.56 Å². The van der Waals surface area contributed by atoms with Crippen LogP contribution in [0.25, 0.3) is 22.1 Å². The zero-order valence-electron chi connectivity index (χ0n) is 12.0. The van der Waals surface area contributed by atoms with Gasteiger partial charge >= 0.3 is 11.1 Å². The van der Waals surface area contributed by atoms with Crippen molar-refractivity contribution in [1.29, 1.82) is 0 Å². The molecule has 0 aliphatic rings. The molecule has 0 saturated heterocycles. The largest absolute Gasteiger partial charge is 0.446 e. The van der Waals surface area contributed by atoms with Gasteiger partial charge in [-0.15, -0.1) is 0 Å². The van der Waals surface area contributed by atoms with Gasteiger partial charge < -0.3 is 4.42 Å². The third-order valence-electron chi connectivity index (χ3n) is 3.32. The van der Waals surface area contributed by atoms with E-state index in [1.165, 1.54) is 12.1 Å². The highest BCUT2D eigenvalue weighted by molar-refractivity contribution is 8.00. The lowest BCUT2D eigenvalue weighted by molar-refractivity contribution is -0.0328. The van der Waals surface area contributed by atoms with Crippen LogP contribution in [0.15, 0.2) is 62.6 Å². The Hall–Kier alpha value is -2.21. The third-order valence-corrected chi connectivity index (χ3v) is 4.17. The van der Waals surface area contributed by atoms with Crippen LogP contribution in [-0.4, -0.2) is 5.51 Å². The van der Waals surface area contributed by atoms with E-state index in [0.29, 0.717) is 5.56 Å². The van der Waals surface area contributed by atoms with Crippen LogP contribution < -0.4 is 5.63 Å². The standard InChI is InChI=1S/C17H11F3O2S/c1-10-6-8-11(9-7-10)14-15(23-17(18,19)20)12-4-2-3-5-13(12)16(21)22-14/h2-9H,1H3. The van der Waals surface area contributed by atoms with E-state index in [1.54, 1.807) is 36.4 Å². The van der Waals surface area contributed by atoms with Crippen LogP contribution in [0, 0.1) is 6.92 Å². The topological polar surface area (TPSA) is 30.2 Å². The lowest BCUT2D eigenvalue weighted by Crippen LogP contribution is -2.06. The van der Waals surface area contributed by atoms with Gasteiger partial charge in [0.05, 0.1) is 10.3 Å². The molecule has 0 spiro atoms. The van der Waals surface area contributed by atoms with Gasteiger partial charge in [0.25, 0.3) is 0 Å². The number of thioether (sulfide) groups is 1. The summed E-state index contributed by atoms with van der Waals surface area (Å²) in [5, 5.41) is 0.372. The molecule has 2 aromatic carbocycles. The molecule has 0 saturated carbocycles. The molecule has 0 fully saturated rings. The molecule has 3 rings (SSSR count). The quantitative estimate of drug-likeness (QED) is 0.589. The SMILES string of the molecule is Cc1ccc(-c2oc(=O)c3ccccc3c2SC(F)(F)F)cc1. The Bertz CT molecular complexity index is 912. The normalized spacial score (nSPS) is 11.8. The Morgan fingerprint density at radius 3 is 2.17 bits per heavy atom. The van der Waals surface area contributed by atoms with Gasteiger partial charge in [-0.3, -0.25) is 0 Å². The fourth-order valence-corrected chi connectivity index (χ4v) is 3.06. The highest BCUT2D eigenvalue weighted by Crippen LogP contribution is 2.44. The zero-order chi connectivity index (χ0) is 16.6. The smallest absolute Gasteiger partial charge is 0.421 e. The van der Waals surface area contributed by atoms with E-state index in [2.05, 4.69) is 0 Å². The highest BCUT2D eigenvalue weighted by Gasteiger charge is 2.33. The average Bonchev–Trinajstić information content (AvgIpc) is 2.50. The summed E-state index contributed by atoms with van der Waals surface area (Å²) in [4.78, 5) is 12.0. The van der Waals surface area contributed by atoms with Crippen LogP contribution in [0.3, 0.4) is 0 Å². The van der Waals surface area contributed by atoms with Gasteiger partial charge in [-0.1, -0.05) is 48.0 Å². The Kier molecular flexibility index (Phi) is 3.93. The van der Waals surface area contributed by atoms with Crippen LogP contribution in [0.5, 0.6) is 0 Å². The van der Waals surface area contributed by atoms with Crippen molar-refractivity contribution < 1.29 is 17.6 Å². The van der Waals surface area contributed by atoms with E-state index in [0.717, 1.165) is 5.56 Å². The van der Waals surface area contributed by atoms with E-state index in [1.807, 2.05) is 6.92 Å². The van der Waals surface area contributed by atoms with Crippen molar-refractivity contribution >= 4 is 22.5 Å². The first kappa shape index (κ1) is 15.7. The van der Waals surface area contributed by atoms with Gasteiger partial charge in [-0.05, 0) is 24.8 Å². The molecular weight excluding hydrogens is 325 g/mol. The monoisotopic (exact) mass is 336 g/mol. The maximum Gasteiger partial charge on any atom is 0.446 e. The lowest BCUT2D eigenvalue weighted by Gasteiger charge is -2.13. The van der Waals surface area contributed by atoms with E-state index in [4.69, 9.17) is 4.42 Å². The molecule has 2 nitrogen and oxygen atoms in total. The lowest BCUT2D eigenvalue weighted by atomic mass is 10.1. The van der Waals surface area contributed by atoms with Crippen molar-refractivity contribution in [2.75, 3.05) is 0 Å². The van der Waals surface area contributed by atoms with Crippen molar-refractivity contribution in [3.8, 4) is 11.3 Å². The van der Waals surface area contributed by atoms with Crippen molar-refractivity contribution in [1.82, 2.24) is 0 Å². The number of fused-ring (bicyclic) bond motifs is 1. The summed E-state index contributed by atoms with van der Waals surface area (Å²) in [6.45, 7) is 1.87. The van der Waals surface area contributed by atoms with E-state index < -0.39 is 11.1 Å². The molecule has 1 heterocycles. The molecule has 0 atom stereocenters. The summed E-state index contributed by atoms with van der Waals surface area (Å²) in [6, 6.07) is 12.9. The molecule has 0 radical (unpaired) electrons. The first-order chi connectivity index (χ1) is 10.8. The van der Waals surface area contributed by atoms with Crippen molar-refractivity contribution in [3.63, 3.8) is 0 Å². The molecule has 0 amide bonds. The molecule has 118 valence electrons. The minimum absolute atomic E-state index is 0.0592. The second-order valence-corrected chi connectivity index (χ2v) is 6.08. The number of benzene rings is 2. The van der Waals surface area contributed by atoms with Gasteiger partial charge in [-0.2, -0.15) is 13.2 Å². The molecule has 0 unspecified atom stereocenters. The summed E-state index contributed by atoms with van der Waals surface area (Å²) >= 11 is -0.268. The Balaban J connectivity index is 2.33. The second-order valence-electron chi connectivity index (χ2n) is 5.01. The molecule has 23 heavy (non-hydrogen) atoms. The van der Waals surface area contributed by atoms with Crippen LogP contribution in [0.2, 0.25) is 0 Å². The second kappa shape index (κ2) is 5.77. The Morgan fingerprint density at radius 1 is 0.957 bits per heavy atom. The van der Waals surface area contributed by atoms with Crippen LogP contribution in [0.4, 0.5) is 13.2 Å². The third kappa shape index (κ3) is 3.27. The summed E-state index contributed by atoms with van der Waals surface area (Å²) in [5.74, 6) is -0.0592. The number of aryl methyl sites for hydroxylation is 1. The number of hydrogen-bond acceptors (Lipinski definition) is 3. The Labute approximate surface area is 133 Å². The molecule has 0 aliphatic carbocycles. The van der Waals surface area contributed by atoms with Crippen LogP contribution in [-0.2, 0) is 0 Å². The van der Waals surface area contributed by atoms with Gasteiger partial charge in [0.2, 0.25) is 0 Å². The predicted molar refractivity (Wildman–Crippen MR) is 84.6 cm³/mol. The molecule has 0 N–H and O–H groups in total. The molecule has 0 bridgehead atoms. The maximum atomic E-state index is 13.0. The Morgan fingerprint density at radius 2 is 1.57 bits per heavy atom. The van der Waals surface area contributed by atoms with Gasteiger partial charge in [0.1, 0.15) is 0 Å². The van der Waals surface area contributed by atoms with E-state index in [9.17, 15) is 18.0 Å². The fourth-order valence-electron chi connectivity index (χ4n) is 2.29. The van der Waals surface area contributed by atoms with Crippen molar-refractivity contribution in [2.45, 2.75) is 17.3 Å². The van der Waals surface area contributed by atoms with Gasteiger partial charge in [0.15, 0.2) is 5.76 Å². The summed E-state index contributed by atoms with van der Waals surface area (Å²) in [7, 11) is 0. The van der Waals surface area contributed by atoms with E-state index >= 15 is 0 Å². The molecule has 6 heteroatoms. The first-order valence-electron chi connectivity index (χ1n) is 6.74.